The maximum atomic E-state index is 12.5. The van der Waals surface area contributed by atoms with Crippen molar-refractivity contribution in [1.82, 2.24) is 14.8 Å². The number of aromatic nitrogens is 3. The fraction of sp³-hybridized carbons (Fsp3) is 0.316. The second-order valence-corrected chi connectivity index (χ2v) is 8.62. The van der Waals surface area contributed by atoms with Gasteiger partial charge in [0.1, 0.15) is 5.82 Å². The molecular weight excluding hydrogens is 364 g/mol. The fourth-order valence-electron chi connectivity index (χ4n) is 2.57. The molecule has 2 heterocycles. The van der Waals surface area contributed by atoms with Gasteiger partial charge in [0.05, 0.1) is 5.25 Å². The Morgan fingerprint density at radius 3 is 2.81 bits per heavy atom. The lowest BCUT2D eigenvalue weighted by molar-refractivity contribution is -0.115. The van der Waals surface area contributed by atoms with Gasteiger partial charge >= 0.3 is 0 Å². The monoisotopic (exact) mass is 386 g/mol. The van der Waals surface area contributed by atoms with Gasteiger partial charge in [-0.1, -0.05) is 35.5 Å². The van der Waals surface area contributed by atoms with Gasteiger partial charge in [-0.25, -0.2) is 0 Å². The molecule has 136 valence electrons. The molecule has 0 radical (unpaired) electrons. The van der Waals surface area contributed by atoms with Crippen molar-refractivity contribution in [3.63, 3.8) is 0 Å². The molecule has 5 nitrogen and oxygen atoms in total. The Morgan fingerprint density at radius 1 is 1.31 bits per heavy atom. The first kappa shape index (κ1) is 18.7. The van der Waals surface area contributed by atoms with Crippen LogP contribution >= 0.6 is 23.1 Å². The van der Waals surface area contributed by atoms with Crippen molar-refractivity contribution in [3.8, 4) is 0 Å². The molecule has 3 rings (SSSR count). The summed E-state index contributed by atoms with van der Waals surface area (Å²) >= 11 is 3.13. The van der Waals surface area contributed by atoms with Crippen LogP contribution in [0.15, 0.2) is 40.9 Å². The van der Waals surface area contributed by atoms with Crippen LogP contribution in [0.1, 0.15) is 28.8 Å². The second-order valence-electron chi connectivity index (χ2n) is 6.28. The fourth-order valence-corrected chi connectivity index (χ4v) is 4.11. The topological polar surface area (TPSA) is 59.8 Å². The van der Waals surface area contributed by atoms with Crippen LogP contribution in [0.3, 0.4) is 0 Å². The SMILES string of the molecule is Cc1ccc(NC(=O)[C@@H](C)Sc2nnc(Cc3cccs3)n2C)c(C)c1. The summed E-state index contributed by atoms with van der Waals surface area (Å²) in [5, 5.41) is 14.1. The number of anilines is 1. The van der Waals surface area contributed by atoms with Crippen LogP contribution in [-0.4, -0.2) is 25.9 Å². The molecule has 0 bridgehead atoms. The van der Waals surface area contributed by atoms with Gasteiger partial charge in [0, 0.05) is 24.0 Å². The summed E-state index contributed by atoms with van der Waals surface area (Å²) in [6.45, 7) is 5.93. The molecular formula is C19H22N4OS2. The lowest BCUT2D eigenvalue weighted by atomic mass is 10.1. The van der Waals surface area contributed by atoms with Gasteiger partial charge in [-0.3, -0.25) is 4.79 Å². The van der Waals surface area contributed by atoms with E-state index in [1.54, 1.807) is 11.3 Å². The van der Waals surface area contributed by atoms with E-state index in [1.165, 1.54) is 22.2 Å². The Bertz CT molecular complexity index is 902. The molecule has 1 aromatic carbocycles. The number of amides is 1. The minimum absolute atomic E-state index is 0.0373. The molecule has 0 saturated heterocycles. The molecule has 1 amide bonds. The standard InChI is InChI=1S/C19H22N4OS2/c1-12-7-8-16(13(2)10-12)20-18(24)14(3)26-19-22-21-17(23(19)4)11-15-6-5-9-25-15/h5-10,14H,11H2,1-4H3,(H,20,24)/t14-/m1/s1. The summed E-state index contributed by atoms with van der Waals surface area (Å²) in [5.41, 5.74) is 3.09. The van der Waals surface area contributed by atoms with Crippen LogP contribution in [0.2, 0.25) is 0 Å². The summed E-state index contributed by atoms with van der Waals surface area (Å²) in [5.74, 6) is 0.863. The Kier molecular flexibility index (Phi) is 5.78. The number of nitrogens with zero attached hydrogens (tertiary/aromatic N) is 3. The van der Waals surface area contributed by atoms with Gasteiger partial charge in [0.25, 0.3) is 0 Å². The summed E-state index contributed by atoms with van der Waals surface area (Å²) in [6, 6.07) is 10.1. The van der Waals surface area contributed by atoms with Crippen molar-refractivity contribution in [2.24, 2.45) is 7.05 Å². The largest absolute Gasteiger partial charge is 0.325 e. The third kappa shape index (κ3) is 4.34. The number of rotatable bonds is 6. The molecule has 0 fully saturated rings. The molecule has 0 saturated carbocycles. The average molecular weight is 387 g/mol. The number of carbonyl (C=O) groups excluding carboxylic acids is 1. The molecule has 0 unspecified atom stereocenters. The Hall–Kier alpha value is -2.12. The Labute approximate surface area is 161 Å². The third-order valence-corrected chi connectivity index (χ3v) is 6.14. The number of thioether (sulfide) groups is 1. The van der Waals surface area contributed by atoms with E-state index in [4.69, 9.17) is 0 Å². The molecule has 3 aromatic rings. The number of aryl methyl sites for hydroxylation is 2. The van der Waals surface area contributed by atoms with E-state index in [0.717, 1.165) is 28.7 Å². The summed E-state index contributed by atoms with van der Waals surface area (Å²) in [6.07, 6.45) is 0.755. The van der Waals surface area contributed by atoms with E-state index in [9.17, 15) is 4.79 Å². The van der Waals surface area contributed by atoms with E-state index in [-0.39, 0.29) is 11.2 Å². The van der Waals surface area contributed by atoms with Gasteiger partial charge in [0.15, 0.2) is 5.16 Å². The number of thiophene rings is 1. The zero-order valence-electron chi connectivity index (χ0n) is 15.3. The minimum Gasteiger partial charge on any atom is -0.325 e. The van der Waals surface area contributed by atoms with Crippen LogP contribution in [0.4, 0.5) is 5.69 Å². The van der Waals surface area contributed by atoms with E-state index in [2.05, 4.69) is 33.0 Å². The highest BCUT2D eigenvalue weighted by Crippen LogP contribution is 2.25. The summed E-state index contributed by atoms with van der Waals surface area (Å²) in [7, 11) is 1.94. The van der Waals surface area contributed by atoms with Crippen molar-refractivity contribution >= 4 is 34.7 Å². The predicted octanol–water partition coefficient (Wildman–Crippen LogP) is 4.20. The number of carbonyl (C=O) groups is 1. The van der Waals surface area contributed by atoms with E-state index in [1.807, 2.05) is 50.6 Å². The molecule has 1 N–H and O–H groups in total. The van der Waals surface area contributed by atoms with Gasteiger partial charge in [0.2, 0.25) is 5.91 Å². The van der Waals surface area contributed by atoms with Crippen molar-refractivity contribution < 1.29 is 4.79 Å². The molecule has 1 atom stereocenters. The van der Waals surface area contributed by atoms with E-state index < -0.39 is 0 Å². The van der Waals surface area contributed by atoms with Crippen molar-refractivity contribution in [2.75, 3.05) is 5.32 Å². The molecule has 0 aliphatic carbocycles. The number of benzene rings is 1. The quantitative estimate of drug-likeness (QED) is 0.645. The van der Waals surface area contributed by atoms with Crippen LogP contribution in [0, 0.1) is 13.8 Å². The average Bonchev–Trinajstić information content (AvgIpc) is 3.22. The first-order chi connectivity index (χ1) is 12.4. The number of hydrogen-bond acceptors (Lipinski definition) is 5. The maximum absolute atomic E-state index is 12.5. The van der Waals surface area contributed by atoms with Gasteiger partial charge in [-0.05, 0) is 43.8 Å². The number of hydrogen-bond donors (Lipinski definition) is 1. The van der Waals surface area contributed by atoms with Crippen LogP contribution in [0.25, 0.3) is 0 Å². The normalized spacial score (nSPS) is 12.2. The zero-order valence-corrected chi connectivity index (χ0v) is 16.9. The molecule has 0 aliphatic rings. The molecule has 0 spiro atoms. The first-order valence-electron chi connectivity index (χ1n) is 8.39. The third-order valence-electron chi connectivity index (χ3n) is 4.13. The molecule has 26 heavy (non-hydrogen) atoms. The van der Waals surface area contributed by atoms with Gasteiger partial charge in [-0.15, -0.1) is 21.5 Å². The van der Waals surface area contributed by atoms with E-state index in [0.29, 0.717) is 0 Å². The molecule has 2 aromatic heterocycles. The van der Waals surface area contributed by atoms with Crippen molar-refractivity contribution in [1.29, 1.82) is 0 Å². The van der Waals surface area contributed by atoms with Gasteiger partial charge in [-0.2, -0.15) is 0 Å². The Balaban J connectivity index is 1.64. The van der Waals surface area contributed by atoms with Crippen LogP contribution < -0.4 is 5.32 Å². The highest BCUT2D eigenvalue weighted by Gasteiger charge is 2.19. The zero-order chi connectivity index (χ0) is 18.7. The highest BCUT2D eigenvalue weighted by atomic mass is 32.2. The molecule has 0 aliphatic heterocycles. The minimum atomic E-state index is -0.270. The Morgan fingerprint density at radius 2 is 2.12 bits per heavy atom. The smallest absolute Gasteiger partial charge is 0.237 e. The summed E-state index contributed by atoms with van der Waals surface area (Å²) < 4.78 is 1.96. The second kappa shape index (κ2) is 8.05. The van der Waals surface area contributed by atoms with Gasteiger partial charge < -0.3 is 9.88 Å². The van der Waals surface area contributed by atoms with Crippen LogP contribution in [-0.2, 0) is 18.3 Å². The lowest BCUT2D eigenvalue weighted by Crippen LogP contribution is -2.23. The van der Waals surface area contributed by atoms with Crippen molar-refractivity contribution in [2.45, 2.75) is 37.6 Å². The molecule has 7 heteroatoms. The number of nitrogens with one attached hydrogen (secondary N) is 1. The van der Waals surface area contributed by atoms with Crippen LogP contribution in [0.5, 0.6) is 0 Å². The van der Waals surface area contributed by atoms with Crippen molar-refractivity contribution in [3.05, 3.63) is 57.5 Å². The highest BCUT2D eigenvalue weighted by molar-refractivity contribution is 8.00. The lowest BCUT2D eigenvalue weighted by Gasteiger charge is -2.13. The first-order valence-corrected chi connectivity index (χ1v) is 10.2. The maximum Gasteiger partial charge on any atom is 0.237 e. The summed E-state index contributed by atoms with van der Waals surface area (Å²) in [4.78, 5) is 13.8. The van der Waals surface area contributed by atoms with E-state index >= 15 is 0 Å². The predicted molar refractivity (Wildman–Crippen MR) is 108 cm³/mol.